The highest BCUT2D eigenvalue weighted by Crippen LogP contribution is 2.28. The zero-order chi connectivity index (χ0) is 28.1. The number of nitrogens with zero attached hydrogens (tertiary/aromatic N) is 1. The van der Waals surface area contributed by atoms with E-state index in [1.165, 1.54) is 25.7 Å². The topological polar surface area (TPSA) is 96.7 Å². The standard InChI is InChI=1S/C13H19N3.C10H12O.C6H15N.C2H6/c1-9(2)16-13-11(8-14)6-5-7-12(13)10(3)15-4;1-7-4-5-8(2)10(6-7)9(3)11;1-2-3-4-5-6-7;1-2/h5-7,15H,3,8,14H2,1-2,4H3;4-6,11H,3H2,1-2H3;2-7H2,1H3;1-2H3. The van der Waals surface area contributed by atoms with Crippen LogP contribution < -0.4 is 16.8 Å². The van der Waals surface area contributed by atoms with Crippen molar-refractivity contribution in [2.24, 2.45) is 16.5 Å². The molecule has 0 aliphatic carbocycles. The first-order valence-corrected chi connectivity index (χ1v) is 13.0. The second-order valence-electron chi connectivity index (χ2n) is 8.42. The Morgan fingerprint density at radius 3 is 2.06 bits per heavy atom. The second-order valence-corrected chi connectivity index (χ2v) is 8.42. The first kappa shape index (κ1) is 35.3. The van der Waals surface area contributed by atoms with Crippen LogP contribution in [0.5, 0.6) is 0 Å². The molecule has 0 saturated heterocycles. The fourth-order valence-corrected chi connectivity index (χ4v) is 3.11. The van der Waals surface area contributed by atoms with Gasteiger partial charge in [0.2, 0.25) is 0 Å². The van der Waals surface area contributed by atoms with Gasteiger partial charge in [-0.1, -0.05) is 89.1 Å². The van der Waals surface area contributed by atoms with E-state index in [-0.39, 0.29) is 5.76 Å². The van der Waals surface area contributed by atoms with Crippen LogP contribution in [0.4, 0.5) is 5.69 Å². The smallest absolute Gasteiger partial charge is 0.115 e. The van der Waals surface area contributed by atoms with Gasteiger partial charge in [-0.05, 0) is 57.9 Å². The molecule has 2 aromatic carbocycles. The fourth-order valence-electron chi connectivity index (χ4n) is 3.11. The monoisotopic (exact) mass is 496 g/mol. The number of aryl methyl sites for hydroxylation is 2. The Kier molecular flexibility index (Phi) is 21.0. The molecule has 0 heterocycles. The molecule has 2 rings (SSSR count). The van der Waals surface area contributed by atoms with Gasteiger partial charge in [-0.25, -0.2) is 0 Å². The van der Waals surface area contributed by atoms with Gasteiger partial charge >= 0.3 is 0 Å². The first-order chi connectivity index (χ1) is 17.1. The summed E-state index contributed by atoms with van der Waals surface area (Å²) >= 11 is 0. The Morgan fingerprint density at radius 2 is 1.61 bits per heavy atom. The number of para-hydroxylation sites is 1. The number of aliphatic imine (C=N–C) groups is 1. The van der Waals surface area contributed by atoms with Crippen LogP contribution >= 0.6 is 0 Å². The summed E-state index contributed by atoms with van der Waals surface area (Å²) in [7, 11) is 1.85. The molecular formula is C31H52N4O. The average Bonchev–Trinajstić information content (AvgIpc) is 2.87. The number of hydrogen-bond acceptors (Lipinski definition) is 5. The molecule has 0 radical (unpaired) electrons. The van der Waals surface area contributed by atoms with Crippen molar-refractivity contribution in [1.82, 2.24) is 5.32 Å². The van der Waals surface area contributed by atoms with Crippen molar-refractivity contribution in [1.29, 1.82) is 0 Å². The van der Waals surface area contributed by atoms with Crippen LogP contribution in [0.2, 0.25) is 0 Å². The predicted molar refractivity (Wildman–Crippen MR) is 163 cm³/mol. The van der Waals surface area contributed by atoms with Crippen LogP contribution in [0.3, 0.4) is 0 Å². The van der Waals surface area contributed by atoms with Gasteiger partial charge < -0.3 is 21.9 Å². The van der Waals surface area contributed by atoms with E-state index in [1.807, 2.05) is 85.0 Å². The predicted octanol–water partition coefficient (Wildman–Crippen LogP) is 7.83. The van der Waals surface area contributed by atoms with E-state index in [9.17, 15) is 0 Å². The van der Waals surface area contributed by atoms with Crippen molar-refractivity contribution in [3.8, 4) is 0 Å². The molecule has 0 aliphatic heterocycles. The van der Waals surface area contributed by atoms with Gasteiger partial charge in [-0.15, -0.1) is 0 Å². The SMILES string of the molecule is C=C(NC)c1cccc(CN)c1N=C(C)C.C=C(O)c1cc(C)ccc1C.CC.CCCCCCN. The largest absolute Gasteiger partial charge is 0.508 e. The lowest BCUT2D eigenvalue weighted by Gasteiger charge is -2.12. The molecule has 0 amide bonds. The van der Waals surface area contributed by atoms with E-state index in [4.69, 9.17) is 16.6 Å². The van der Waals surface area contributed by atoms with E-state index < -0.39 is 0 Å². The Morgan fingerprint density at radius 1 is 0.972 bits per heavy atom. The Balaban J connectivity index is 0. The maximum absolute atomic E-state index is 9.13. The highest BCUT2D eigenvalue weighted by atomic mass is 16.3. The Bertz CT molecular complexity index is 924. The van der Waals surface area contributed by atoms with Gasteiger partial charge in [0.1, 0.15) is 5.76 Å². The third-order valence-electron chi connectivity index (χ3n) is 5.06. The Labute approximate surface area is 221 Å². The molecule has 0 atom stereocenters. The average molecular weight is 497 g/mol. The lowest BCUT2D eigenvalue weighted by Crippen LogP contribution is -2.05. The van der Waals surface area contributed by atoms with Crippen LogP contribution in [0, 0.1) is 13.8 Å². The molecule has 0 unspecified atom stereocenters. The van der Waals surface area contributed by atoms with E-state index in [1.54, 1.807) is 0 Å². The molecular weight excluding hydrogens is 444 g/mol. The molecule has 0 aromatic heterocycles. The number of benzene rings is 2. The van der Waals surface area contributed by atoms with E-state index in [0.717, 1.165) is 51.5 Å². The van der Waals surface area contributed by atoms with E-state index >= 15 is 0 Å². The highest BCUT2D eigenvalue weighted by Gasteiger charge is 2.08. The summed E-state index contributed by atoms with van der Waals surface area (Å²) < 4.78 is 0. The molecule has 0 aliphatic rings. The summed E-state index contributed by atoms with van der Waals surface area (Å²) in [5.74, 6) is 0.145. The highest BCUT2D eigenvalue weighted by molar-refractivity contribution is 5.85. The van der Waals surface area contributed by atoms with Crippen molar-refractivity contribution >= 4 is 22.9 Å². The summed E-state index contributed by atoms with van der Waals surface area (Å²) in [6.45, 7) is 22.9. The minimum Gasteiger partial charge on any atom is -0.508 e. The van der Waals surface area contributed by atoms with Crippen molar-refractivity contribution < 1.29 is 5.11 Å². The summed E-state index contributed by atoms with van der Waals surface area (Å²) in [6, 6.07) is 11.9. The van der Waals surface area contributed by atoms with Gasteiger partial charge in [0, 0.05) is 36.1 Å². The maximum atomic E-state index is 9.13. The van der Waals surface area contributed by atoms with Crippen LogP contribution in [0.15, 0.2) is 54.5 Å². The second kappa shape index (κ2) is 21.4. The van der Waals surface area contributed by atoms with Crippen LogP contribution in [-0.2, 0) is 6.54 Å². The number of unbranched alkanes of at least 4 members (excludes halogenated alkanes) is 3. The van der Waals surface area contributed by atoms with Crippen molar-refractivity contribution in [2.45, 2.75) is 80.7 Å². The van der Waals surface area contributed by atoms with Crippen molar-refractivity contribution in [3.63, 3.8) is 0 Å². The summed E-state index contributed by atoms with van der Waals surface area (Å²) in [5, 5.41) is 12.2. The van der Waals surface area contributed by atoms with E-state index in [2.05, 4.69) is 30.4 Å². The van der Waals surface area contributed by atoms with Crippen molar-refractivity contribution in [3.05, 3.63) is 77.4 Å². The van der Waals surface area contributed by atoms with Gasteiger partial charge in [0.15, 0.2) is 0 Å². The third-order valence-corrected chi connectivity index (χ3v) is 5.06. The molecule has 5 heteroatoms. The number of aliphatic hydroxyl groups excluding tert-OH is 1. The van der Waals surface area contributed by atoms with Gasteiger partial charge in [-0.2, -0.15) is 0 Å². The molecule has 2 aromatic rings. The summed E-state index contributed by atoms with van der Waals surface area (Å²) in [6.07, 6.45) is 5.16. The van der Waals surface area contributed by atoms with Gasteiger partial charge in [0.05, 0.1) is 5.69 Å². The number of hydrogen-bond donors (Lipinski definition) is 4. The van der Waals surface area contributed by atoms with Gasteiger partial charge in [0.25, 0.3) is 0 Å². The zero-order valence-corrected chi connectivity index (χ0v) is 24.2. The molecule has 0 fully saturated rings. The van der Waals surface area contributed by atoms with Crippen LogP contribution in [-0.4, -0.2) is 24.4 Å². The number of rotatable bonds is 9. The maximum Gasteiger partial charge on any atom is 0.115 e. The molecule has 5 nitrogen and oxygen atoms in total. The van der Waals surface area contributed by atoms with Gasteiger partial charge in [-0.3, -0.25) is 4.99 Å². The Hall–Kier alpha value is -2.89. The molecule has 36 heavy (non-hydrogen) atoms. The quantitative estimate of drug-likeness (QED) is 0.161. The number of nitrogens with one attached hydrogen (secondary N) is 1. The minimum absolute atomic E-state index is 0.145. The summed E-state index contributed by atoms with van der Waals surface area (Å²) in [5.41, 5.74) is 18.8. The van der Waals surface area contributed by atoms with Crippen molar-refractivity contribution in [2.75, 3.05) is 13.6 Å². The zero-order valence-electron chi connectivity index (χ0n) is 24.2. The molecule has 0 spiro atoms. The molecule has 0 saturated carbocycles. The lowest BCUT2D eigenvalue weighted by molar-refractivity contribution is 0.513. The minimum atomic E-state index is 0.145. The fraction of sp³-hybridized carbons (Fsp3) is 0.452. The summed E-state index contributed by atoms with van der Waals surface area (Å²) in [4.78, 5) is 4.54. The molecule has 6 N–H and O–H groups in total. The molecule has 0 bridgehead atoms. The lowest BCUT2D eigenvalue weighted by atomic mass is 10.0. The van der Waals surface area contributed by atoms with Crippen LogP contribution in [0.1, 0.15) is 88.1 Å². The van der Waals surface area contributed by atoms with Crippen LogP contribution in [0.25, 0.3) is 11.5 Å². The molecule has 202 valence electrons. The normalized spacial score (nSPS) is 9.28. The third kappa shape index (κ3) is 14.5. The number of aliphatic hydroxyl groups is 1. The number of nitrogens with two attached hydrogens (primary N) is 2. The van der Waals surface area contributed by atoms with E-state index in [0.29, 0.717) is 6.54 Å². The first-order valence-electron chi connectivity index (χ1n) is 13.0.